The van der Waals surface area contributed by atoms with Crippen LogP contribution < -0.4 is 21.7 Å². The van der Waals surface area contributed by atoms with Gasteiger partial charge in [0.2, 0.25) is 5.95 Å². The second-order valence-corrected chi connectivity index (χ2v) is 11.6. The molecule has 2 unspecified atom stereocenters. The van der Waals surface area contributed by atoms with Gasteiger partial charge >= 0.3 is 6.18 Å². The summed E-state index contributed by atoms with van der Waals surface area (Å²) in [6, 6.07) is 12.5. The van der Waals surface area contributed by atoms with E-state index >= 15 is 0 Å². The molecule has 0 bridgehead atoms. The van der Waals surface area contributed by atoms with Crippen LogP contribution in [0.5, 0.6) is 0 Å². The molecule has 236 valence electrons. The topological polar surface area (TPSA) is 128 Å². The van der Waals surface area contributed by atoms with Crippen molar-refractivity contribution in [2.24, 2.45) is 17.6 Å². The molecule has 1 aliphatic heterocycles. The number of nitrogens with two attached hydrogens (primary N) is 1. The average Bonchev–Trinajstić information content (AvgIpc) is 3.56. The Balaban J connectivity index is 1.22. The number of furan rings is 1. The highest BCUT2D eigenvalue weighted by molar-refractivity contribution is 7.80. The molecule has 0 spiro atoms. The number of amidine groups is 1. The van der Waals surface area contributed by atoms with Gasteiger partial charge in [0.05, 0.1) is 10.6 Å². The normalized spacial score (nSPS) is 17.2. The Labute approximate surface area is 268 Å². The van der Waals surface area contributed by atoms with E-state index in [0.717, 1.165) is 48.5 Å². The zero-order valence-corrected chi connectivity index (χ0v) is 26.1. The van der Waals surface area contributed by atoms with Crippen molar-refractivity contribution in [2.75, 3.05) is 42.1 Å². The van der Waals surface area contributed by atoms with Crippen LogP contribution in [0.2, 0.25) is 5.02 Å². The number of halogens is 4. The number of benzene rings is 2. The molecule has 1 fully saturated rings. The third kappa shape index (κ3) is 8.10. The first-order valence-electron chi connectivity index (χ1n) is 14.2. The minimum absolute atomic E-state index is 0.0147. The van der Waals surface area contributed by atoms with Crippen LogP contribution in [0.25, 0.3) is 17.0 Å². The molecule has 1 saturated heterocycles. The summed E-state index contributed by atoms with van der Waals surface area (Å²) in [5.41, 5.74) is 7.08. The summed E-state index contributed by atoms with van der Waals surface area (Å²) in [4.78, 5) is 11.3. The highest BCUT2D eigenvalue weighted by Gasteiger charge is 2.33. The third-order valence-electron chi connectivity index (χ3n) is 7.53. The van der Waals surface area contributed by atoms with Gasteiger partial charge in [0.25, 0.3) is 0 Å². The van der Waals surface area contributed by atoms with Crippen LogP contribution in [0.4, 0.5) is 30.6 Å². The van der Waals surface area contributed by atoms with Crippen molar-refractivity contribution in [3.05, 3.63) is 82.2 Å². The van der Waals surface area contributed by atoms with Crippen LogP contribution in [-0.4, -0.2) is 52.0 Å². The van der Waals surface area contributed by atoms with Crippen LogP contribution in [-0.2, 0) is 6.18 Å². The van der Waals surface area contributed by atoms with Crippen LogP contribution in [0.3, 0.4) is 0 Å². The van der Waals surface area contributed by atoms with Crippen molar-refractivity contribution < 1.29 is 17.6 Å². The molecule has 0 amide bonds. The van der Waals surface area contributed by atoms with Gasteiger partial charge in [-0.3, -0.25) is 5.41 Å². The minimum Gasteiger partial charge on any atom is -0.457 e. The lowest BCUT2D eigenvalue weighted by Gasteiger charge is -2.17. The Kier molecular flexibility index (Phi) is 9.61. The van der Waals surface area contributed by atoms with E-state index in [2.05, 4.69) is 43.8 Å². The molecule has 0 radical (unpaired) electrons. The quantitative estimate of drug-likeness (QED) is 0.0736. The van der Waals surface area contributed by atoms with Crippen molar-refractivity contribution in [3.63, 3.8) is 0 Å². The fraction of sp³-hybridized carbons (Fsp3) is 0.290. The molecule has 4 aromatic rings. The van der Waals surface area contributed by atoms with Crippen molar-refractivity contribution in [1.29, 1.82) is 5.41 Å². The first kappa shape index (κ1) is 32.2. The first-order valence-corrected chi connectivity index (χ1v) is 15.0. The molecule has 5 rings (SSSR count). The summed E-state index contributed by atoms with van der Waals surface area (Å²) in [6.07, 6.45) is -0.367. The Hall–Kier alpha value is -4.20. The number of nitrogens with one attached hydrogen (secondary N) is 4. The van der Waals surface area contributed by atoms with E-state index in [-0.39, 0.29) is 22.8 Å². The number of nitrogens with zero attached hydrogens (tertiary/aromatic N) is 3. The maximum Gasteiger partial charge on any atom is 0.417 e. The molecular weight excluding hydrogens is 625 g/mol. The monoisotopic (exact) mass is 656 g/mol. The largest absolute Gasteiger partial charge is 0.457 e. The first-order chi connectivity index (χ1) is 21.4. The lowest BCUT2D eigenvalue weighted by atomic mass is 9.95. The van der Waals surface area contributed by atoms with Gasteiger partial charge < -0.3 is 31.0 Å². The van der Waals surface area contributed by atoms with Gasteiger partial charge in [0.1, 0.15) is 23.0 Å². The predicted octanol–water partition coefficient (Wildman–Crippen LogP) is 6.99. The van der Waals surface area contributed by atoms with E-state index in [9.17, 15) is 13.2 Å². The molecule has 2 atom stereocenters. The second kappa shape index (κ2) is 13.4. The van der Waals surface area contributed by atoms with Crippen molar-refractivity contribution in [2.45, 2.75) is 20.0 Å². The molecule has 45 heavy (non-hydrogen) atoms. The highest BCUT2D eigenvalue weighted by atomic mass is 35.5. The molecule has 6 N–H and O–H groups in total. The average molecular weight is 657 g/mol. The maximum atomic E-state index is 13.0. The third-order valence-corrected chi connectivity index (χ3v) is 8.04. The summed E-state index contributed by atoms with van der Waals surface area (Å²) in [6.45, 7) is 7.41. The van der Waals surface area contributed by atoms with Crippen molar-refractivity contribution in [3.8, 4) is 0 Å². The second-order valence-electron chi connectivity index (χ2n) is 10.8. The zero-order valence-electron chi connectivity index (χ0n) is 24.5. The number of hydrogen-bond donors (Lipinski definition) is 5. The van der Waals surface area contributed by atoms with Crippen molar-refractivity contribution in [1.82, 2.24) is 14.9 Å². The number of likely N-dealkylation sites (tertiary alicyclic amines) is 1. The Bertz CT molecular complexity index is 1760. The Morgan fingerprint density at radius 3 is 2.67 bits per heavy atom. The van der Waals surface area contributed by atoms with Gasteiger partial charge in [0.15, 0.2) is 5.11 Å². The van der Waals surface area contributed by atoms with Gasteiger partial charge in [-0.1, -0.05) is 24.6 Å². The molecule has 3 heterocycles. The summed E-state index contributed by atoms with van der Waals surface area (Å²) in [5, 5.41) is 17.4. The summed E-state index contributed by atoms with van der Waals surface area (Å²) < 4.78 is 45.0. The van der Waals surface area contributed by atoms with E-state index in [0.29, 0.717) is 35.2 Å². The van der Waals surface area contributed by atoms with Gasteiger partial charge in [-0.2, -0.15) is 18.2 Å². The van der Waals surface area contributed by atoms with Gasteiger partial charge in [-0.15, -0.1) is 0 Å². The summed E-state index contributed by atoms with van der Waals surface area (Å²) in [7, 11) is 0. The fourth-order valence-corrected chi connectivity index (χ4v) is 5.75. The molecule has 1 aliphatic rings. The van der Waals surface area contributed by atoms with Gasteiger partial charge in [-0.25, -0.2) is 4.98 Å². The van der Waals surface area contributed by atoms with Crippen LogP contribution >= 0.6 is 23.8 Å². The predicted molar refractivity (Wildman–Crippen MR) is 177 cm³/mol. The number of hydrogen-bond acceptors (Lipinski definition) is 7. The zero-order chi connectivity index (χ0) is 32.3. The molecule has 14 heteroatoms. The summed E-state index contributed by atoms with van der Waals surface area (Å²) >= 11 is 11.2. The Morgan fingerprint density at radius 1 is 1.16 bits per heavy atom. The fourth-order valence-electron chi connectivity index (χ4n) is 5.25. The van der Waals surface area contributed by atoms with Crippen LogP contribution in [0.1, 0.15) is 29.5 Å². The molecule has 0 aliphatic carbocycles. The number of alkyl halides is 3. The SMILES string of the molecule is CCN1CC(C=Cc2cc3cc(C(=N)N)ccc3o2)C(CNc2cc(C)nc(NC(=S)Nc3ccc(C(F)(F)F)c(Cl)c3)n2)C1. The Morgan fingerprint density at radius 2 is 1.96 bits per heavy atom. The van der Waals surface area contributed by atoms with Crippen LogP contribution in [0.15, 0.2) is 59.0 Å². The van der Waals surface area contributed by atoms with Gasteiger partial charge in [-0.05, 0) is 86.1 Å². The highest BCUT2D eigenvalue weighted by Crippen LogP contribution is 2.36. The number of thiocarbonyl (C=S) groups is 1. The van der Waals surface area contributed by atoms with E-state index in [1.165, 1.54) is 6.07 Å². The van der Waals surface area contributed by atoms with Crippen LogP contribution in [0, 0.1) is 24.2 Å². The van der Waals surface area contributed by atoms with Crippen molar-refractivity contribution >= 4 is 69.3 Å². The van der Waals surface area contributed by atoms with E-state index in [1.807, 2.05) is 37.3 Å². The smallest absolute Gasteiger partial charge is 0.417 e. The maximum absolute atomic E-state index is 13.0. The number of anilines is 3. The van der Waals surface area contributed by atoms with E-state index in [1.54, 1.807) is 6.07 Å². The molecular formula is C31H32ClF3N8OS. The molecule has 2 aromatic carbocycles. The number of fused-ring (bicyclic) bond motifs is 1. The lowest BCUT2D eigenvalue weighted by Crippen LogP contribution is -2.24. The molecule has 2 aromatic heterocycles. The molecule has 0 saturated carbocycles. The molecule has 9 nitrogen and oxygen atoms in total. The number of aryl methyl sites for hydroxylation is 1. The standard InChI is InChI=1S/C31H32ClF3N8OS/c1-3-43-15-19(4-7-23-12-20-11-18(28(36)37)5-9-26(20)44-23)21(16-43)14-38-27-10-17(2)39-29(41-27)42-30(45)40-22-6-8-24(25(32)13-22)31(33,34)35/h4-13,19,21H,3,14-16H2,1-2H3,(H3,36,37)(H3,38,39,40,41,42,45). The number of nitrogen functional groups attached to an aromatic ring is 1. The number of aromatic nitrogens is 2. The summed E-state index contributed by atoms with van der Waals surface area (Å²) in [5.74, 6) is 2.17. The minimum atomic E-state index is -4.55. The lowest BCUT2D eigenvalue weighted by molar-refractivity contribution is -0.137. The number of rotatable bonds is 9. The van der Waals surface area contributed by atoms with E-state index in [4.69, 9.17) is 39.4 Å². The van der Waals surface area contributed by atoms with Gasteiger partial charge in [0, 0.05) is 48.0 Å². The van der Waals surface area contributed by atoms with E-state index < -0.39 is 16.8 Å².